The summed E-state index contributed by atoms with van der Waals surface area (Å²) in [4.78, 5) is 12.3. The van der Waals surface area contributed by atoms with Crippen LogP contribution in [0.25, 0.3) is 11.0 Å². The number of nitrogens with one attached hydrogen (secondary N) is 1. The largest absolute Gasteiger partial charge is 0.355 e. The lowest BCUT2D eigenvalue weighted by Gasteiger charge is -2.19. The molecule has 1 aromatic heterocycles. The summed E-state index contributed by atoms with van der Waals surface area (Å²) in [6.07, 6.45) is 4.32. The summed E-state index contributed by atoms with van der Waals surface area (Å²) in [5.41, 5.74) is 0.881. The summed E-state index contributed by atoms with van der Waals surface area (Å²) >= 11 is 0.967. The first kappa shape index (κ1) is 20.7. The molecule has 0 bridgehead atoms. The molecule has 0 spiro atoms. The number of unbranched alkanes of at least 4 members (excludes halogenated alkanes) is 1. The van der Waals surface area contributed by atoms with Gasteiger partial charge in [-0.3, -0.25) is 4.79 Å². The van der Waals surface area contributed by atoms with Gasteiger partial charge in [0.05, 0.1) is 18.3 Å². The van der Waals surface area contributed by atoms with Crippen LogP contribution in [0.5, 0.6) is 0 Å². The van der Waals surface area contributed by atoms with Gasteiger partial charge < -0.3 is 5.32 Å². The van der Waals surface area contributed by atoms with Crippen LogP contribution in [-0.2, 0) is 14.8 Å². The third kappa shape index (κ3) is 4.99. The van der Waals surface area contributed by atoms with Crippen molar-refractivity contribution in [3.63, 3.8) is 0 Å². The van der Waals surface area contributed by atoms with E-state index in [9.17, 15) is 13.2 Å². The molecule has 26 heavy (non-hydrogen) atoms. The lowest BCUT2D eigenvalue weighted by Crippen LogP contribution is -2.40. The molecule has 1 N–H and O–H groups in total. The molecular formula is C17H26N4O3S2. The second-order valence-corrected chi connectivity index (χ2v) is 8.91. The number of nitrogens with zero attached hydrogens (tertiary/aromatic N) is 3. The zero-order valence-corrected chi connectivity index (χ0v) is 17.1. The second kappa shape index (κ2) is 9.38. The number of carbonyl (C=O) groups is 1. The maximum absolute atomic E-state index is 12.8. The van der Waals surface area contributed by atoms with Crippen molar-refractivity contribution in [3.8, 4) is 0 Å². The van der Waals surface area contributed by atoms with Crippen molar-refractivity contribution in [2.24, 2.45) is 5.92 Å². The molecule has 0 aliphatic rings. The van der Waals surface area contributed by atoms with E-state index in [1.165, 1.54) is 13.1 Å². The molecule has 0 saturated carbocycles. The van der Waals surface area contributed by atoms with E-state index in [0.717, 1.165) is 41.7 Å². The minimum absolute atomic E-state index is 0.0773. The van der Waals surface area contributed by atoms with Gasteiger partial charge >= 0.3 is 0 Å². The highest BCUT2D eigenvalue weighted by Crippen LogP contribution is 2.23. The number of benzene rings is 1. The van der Waals surface area contributed by atoms with Crippen molar-refractivity contribution >= 4 is 38.7 Å². The highest BCUT2D eigenvalue weighted by molar-refractivity contribution is 7.89. The fourth-order valence-electron chi connectivity index (χ4n) is 2.70. The van der Waals surface area contributed by atoms with E-state index < -0.39 is 10.0 Å². The zero-order valence-electron chi connectivity index (χ0n) is 15.4. The molecular weight excluding hydrogens is 372 g/mol. The fraction of sp³-hybridized carbons (Fsp3) is 0.588. The normalized spacial score (nSPS) is 13.2. The summed E-state index contributed by atoms with van der Waals surface area (Å²) in [6.45, 7) is 4.60. The minimum Gasteiger partial charge on any atom is -0.355 e. The lowest BCUT2D eigenvalue weighted by atomic mass is 9.99. The van der Waals surface area contributed by atoms with Crippen LogP contribution in [0.3, 0.4) is 0 Å². The number of amides is 1. The second-order valence-electron chi connectivity index (χ2n) is 6.37. The number of hydrogen-bond acceptors (Lipinski definition) is 6. The lowest BCUT2D eigenvalue weighted by molar-refractivity contribution is -0.121. The van der Waals surface area contributed by atoms with Crippen LogP contribution >= 0.6 is 11.7 Å². The first-order valence-corrected chi connectivity index (χ1v) is 11.0. The van der Waals surface area contributed by atoms with Gasteiger partial charge in [-0.05, 0) is 24.5 Å². The van der Waals surface area contributed by atoms with E-state index in [-0.39, 0.29) is 17.3 Å². The third-order valence-corrected chi connectivity index (χ3v) is 6.81. The van der Waals surface area contributed by atoms with Crippen molar-refractivity contribution in [2.75, 3.05) is 20.1 Å². The predicted molar refractivity (Wildman–Crippen MR) is 104 cm³/mol. The van der Waals surface area contributed by atoms with Crippen LogP contribution in [-0.4, -0.2) is 47.5 Å². The van der Waals surface area contributed by atoms with Crippen LogP contribution in [0.2, 0.25) is 0 Å². The molecule has 0 saturated heterocycles. The smallest absolute Gasteiger partial charge is 0.245 e. The molecule has 0 aliphatic heterocycles. The average molecular weight is 399 g/mol. The molecule has 2 rings (SSSR count). The third-order valence-electron chi connectivity index (χ3n) is 4.43. The molecule has 1 atom stereocenters. The van der Waals surface area contributed by atoms with Gasteiger partial charge in [-0.2, -0.15) is 13.1 Å². The SMILES string of the molecule is CCCCC(CC)CNC(=O)CN(C)S(=O)(=O)c1cccc2nsnc12. The molecule has 0 aliphatic carbocycles. The number of aromatic nitrogens is 2. The molecule has 1 aromatic carbocycles. The highest BCUT2D eigenvalue weighted by Gasteiger charge is 2.26. The number of rotatable bonds is 10. The monoisotopic (exact) mass is 398 g/mol. The van der Waals surface area contributed by atoms with E-state index in [0.29, 0.717) is 23.5 Å². The first-order chi connectivity index (χ1) is 12.4. The first-order valence-electron chi connectivity index (χ1n) is 8.84. The quantitative estimate of drug-likeness (QED) is 0.664. The summed E-state index contributed by atoms with van der Waals surface area (Å²) in [5, 5.41) is 2.86. The van der Waals surface area contributed by atoms with E-state index in [1.807, 2.05) is 0 Å². The Kier molecular flexibility index (Phi) is 7.48. The molecule has 1 unspecified atom stereocenters. The van der Waals surface area contributed by atoms with Gasteiger partial charge in [-0.25, -0.2) is 8.42 Å². The van der Waals surface area contributed by atoms with Gasteiger partial charge in [0.2, 0.25) is 15.9 Å². The standard InChI is InChI=1S/C17H26N4O3S2/c1-4-6-8-13(5-2)11-18-16(22)12-21(3)26(23,24)15-10-7-9-14-17(15)20-25-19-14/h7,9-10,13H,4-6,8,11-12H2,1-3H3,(H,18,22). The van der Waals surface area contributed by atoms with Gasteiger partial charge in [0.25, 0.3) is 0 Å². The number of hydrogen-bond donors (Lipinski definition) is 1. The molecule has 9 heteroatoms. The van der Waals surface area contributed by atoms with Crippen molar-refractivity contribution in [3.05, 3.63) is 18.2 Å². The summed E-state index contributed by atoms with van der Waals surface area (Å²) < 4.78 is 34.8. The molecule has 1 heterocycles. The predicted octanol–water partition coefficient (Wildman–Crippen LogP) is 2.64. The van der Waals surface area contributed by atoms with Gasteiger partial charge in [-0.1, -0.05) is 39.2 Å². The van der Waals surface area contributed by atoms with Crippen molar-refractivity contribution in [1.29, 1.82) is 0 Å². The molecule has 0 fully saturated rings. The number of likely N-dealkylation sites (N-methyl/N-ethyl adjacent to an activating group) is 1. The topological polar surface area (TPSA) is 92.3 Å². The van der Waals surface area contributed by atoms with Gasteiger partial charge in [0.15, 0.2) is 0 Å². The van der Waals surface area contributed by atoms with E-state index in [2.05, 4.69) is 27.9 Å². The minimum atomic E-state index is -3.81. The molecule has 7 nitrogen and oxygen atoms in total. The van der Waals surface area contributed by atoms with Crippen molar-refractivity contribution in [1.82, 2.24) is 18.4 Å². The average Bonchev–Trinajstić information content (AvgIpc) is 3.10. The Hall–Kier alpha value is -1.58. The van der Waals surface area contributed by atoms with Crippen LogP contribution in [0.4, 0.5) is 0 Å². The van der Waals surface area contributed by atoms with Crippen LogP contribution in [0, 0.1) is 5.92 Å². The van der Waals surface area contributed by atoms with Gasteiger partial charge in [0, 0.05) is 13.6 Å². The Balaban J connectivity index is 2.00. The Morgan fingerprint density at radius 3 is 2.77 bits per heavy atom. The fourth-order valence-corrected chi connectivity index (χ4v) is 4.58. The Labute approximate surface area is 159 Å². The maximum Gasteiger partial charge on any atom is 0.245 e. The van der Waals surface area contributed by atoms with Crippen LogP contribution in [0.15, 0.2) is 23.1 Å². The Morgan fingerprint density at radius 2 is 2.08 bits per heavy atom. The van der Waals surface area contributed by atoms with Crippen LogP contribution in [0.1, 0.15) is 39.5 Å². The summed E-state index contributed by atoms with van der Waals surface area (Å²) in [7, 11) is -2.41. The summed E-state index contributed by atoms with van der Waals surface area (Å²) in [6, 6.07) is 4.83. The highest BCUT2D eigenvalue weighted by atomic mass is 32.2. The van der Waals surface area contributed by atoms with Gasteiger partial charge in [-0.15, -0.1) is 0 Å². The molecule has 2 aromatic rings. The molecule has 0 radical (unpaired) electrons. The Bertz CT molecular complexity index is 835. The Morgan fingerprint density at radius 1 is 1.31 bits per heavy atom. The zero-order chi connectivity index (χ0) is 19.2. The number of fused-ring (bicyclic) bond motifs is 1. The van der Waals surface area contributed by atoms with E-state index in [4.69, 9.17) is 0 Å². The molecule has 1 amide bonds. The number of carbonyl (C=O) groups excluding carboxylic acids is 1. The van der Waals surface area contributed by atoms with E-state index >= 15 is 0 Å². The summed E-state index contributed by atoms with van der Waals surface area (Å²) in [5.74, 6) is 0.130. The van der Waals surface area contributed by atoms with Crippen molar-refractivity contribution < 1.29 is 13.2 Å². The van der Waals surface area contributed by atoms with Gasteiger partial charge in [0.1, 0.15) is 15.9 Å². The maximum atomic E-state index is 12.8. The van der Waals surface area contributed by atoms with Crippen LogP contribution < -0.4 is 5.32 Å². The van der Waals surface area contributed by atoms with E-state index in [1.54, 1.807) is 12.1 Å². The molecule has 144 valence electrons. The number of sulfonamides is 1. The van der Waals surface area contributed by atoms with Crippen molar-refractivity contribution in [2.45, 2.75) is 44.4 Å².